The molecular formula is C11H23N3O3S. The van der Waals surface area contributed by atoms with Crippen LogP contribution in [0.1, 0.15) is 26.7 Å². The number of carbonyl (C=O) groups is 1. The predicted molar refractivity (Wildman–Crippen MR) is 70.5 cm³/mol. The van der Waals surface area contributed by atoms with Crippen LogP contribution in [0.4, 0.5) is 0 Å². The van der Waals surface area contributed by atoms with Crippen molar-refractivity contribution in [1.29, 1.82) is 0 Å². The number of rotatable bonds is 4. The highest BCUT2D eigenvalue weighted by atomic mass is 32.2. The molecule has 0 aromatic rings. The summed E-state index contributed by atoms with van der Waals surface area (Å²) in [6, 6.07) is 0. The monoisotopic (exact) mass is 277 g/mol. The third kappa shape index (κ3) is 3.43. The Labute approximate surface area is 109 Å². The first-order valence-corrected chi connectivity index (χ1v) is 7.88. The lowest BCUT2D eigenvalue weighted by molar-refractivity contribution is -0.128. The molecule has 1 amide bonds. The third-order valence-electron chi connectivity index (χ3n) is 3.40. The highest BCUT2D eigenvalue weighted by Crippen LogP contribution is 2.14. The van der Waals surface area contributed by atoms with Crippen LogP contribution < -0.4 is 5.73 Å². The maximum atomic E-state index is 12.3. The normalized spacial score (nSPS) is 20.5. The largest absolute Gasteiger partial charge is 0.342 e. The van der Waals surface area contributed by atoms with Gasteiger partial charge < -0.3 is 10.6 Å². The van der Waals surface area contributed by atoms with Gasteiger partial charge in [-0.15, -0.1) is 0 Å². The molecule has 0 aliphatic carbocycles. The van der Waals surface area contributed by atoms with Crippen molar-refractivity contribution in [3.8, 4) is 0 Å². The second-order valence-corrected chi connectivity index (χ2v) is 6.78. The highest BCUT2D eigenvalue weighted by Gasteiger charge is 2.31. The molecule has 1 heterocycles. The van der Waals surface area contributed by atoms with Gasteiger partial charge in [0.2, 0.25) is 15.9 Å². The van der Waals surface area contributed by atoms with Crippen molar-refractivity contribution in [3.05, 3.63) is 0 Å². The summed E-state index contributed by atoms with van der Waals surface area (Å²) in [7, 11) is -3.33. The molecule has 18 heavy (non-hydrogen) atoms. The zero-order chi connectivity index (χ0) is 13.8. The van der Waals surface area contributed by atoms with E-state index in [1.54, 1.807) is 4.90 Å². The van der Waals surface area contributed by atoms with Crippen molar-refractivity contribution < 1.29 is 13.2 Å². The van der Waals surface area contributed by atoms with E-state index >= 15 is 0 Å². The minimum atomic E-state index is -3.33. The third-order valence-corrected chi connectivity index (χ3v) is 5.85. The topological polar surface area (TPSA) is 83.7 Å². The van der Waals surface area contributed by atoms with Crippen molar-refractivity contribution in [1.82, 2.24) is 9.21 Å². The number of nitrogens with two attached hydrogens (primary N) is 1. The van der Waals surface area contributed by atoms with E-state index in [0.29, 0.717) is 39.0 Å². The molecule has 0 spiro atoms. The minimum absolute atomic E-state index is 0.000106. The molecule has 0 bridgehead atoms. The summed E-state index contributed by atoms with van der Waals surface area (Å²) in [6.07, 6.45) is 1.20. The molecule has 6 nitrogen and oxygen atoms in total. The van der Waals surface area contributed by atoms with Gasteiger partial charge in [-0.25, -0.2) is 8.42 Å². The summed E-state index contributed by atoms with van der Waals surface area (Å²) >= 11 is 0. The van der Waals surface area contributed by atoms with E-state index in [2.05, 4.69) is 0 Å². The van der Waals surface area contributed by atoms with Crippen LogP contribution in [0.25, 0.3) is 0 Å². The second-order valence-electron chi connectivity index (χ2n) is 4.57. The average Bonchev–Trinajstić information content (AvgIpc) is 2.55. The second kappa shape index (κ2) is 6.49. The Kier molecular flexibility index (Phi) is 5.55. The Morgan fingerprint density at radius 1 is 1.28 bits per heavy atom. The van der Waals surface area contributed by atoms with Gasteiger partial charge in [-0.2, -0.15) is 4.31 Å². The standard InChI is InChI=1S/C11H23N3O3S/c1-3-11(9-12)18(16,17)14-6-4-5-13(7-8-14)10(2)15/h11H,3-9,12H2,1-2H3. The number of nitrogens with zero attached hydrogens (tertiary/aromatic N) is 2. The van der Waals surface area contributed by atoms with Gasteiger partial charge in [0.1, 0.15) is 0 Å². The molecule has 2 N–H and O–H groups in total. The van der Waals surface area contributed by atoms with E-state index < -0.39 is 15.3 Å². The molecule has 1 aliphatic heterocycles. The fraction of sp³-hybridized carbons (Fsp3) is 0.909. The van der Waals surface area contributed by atoms with Crippen LogP contribution >= 0.6 is 0 Å². The maximum Gasteiger partial charge on any atom is 0.219 e. The van der Waals surface area contributed by atoms with E-state index in [-0.39, 0.29) is 12.5 Å². The van der Waals surface area contributed by atoms with Crippen LogP contribution in [-0.2, 0) is 14.8 Å². The molecule has 7 heteroatoms. The molecule has 1 fully saturated rings. The molecule has 0 aromatic heterocycles. The quantitative estimate of drug-likeness (QED) is 0.758. The Morgan fingerprint density at radius 2 is 1.94 bits per heavy atom. The Bertz CT molecular complexity index is 379. The van der Waals surface area contributed by atoms with Gasteiger partial charge in [0.15, 0.2) is 0 Å². The zero-order valence-corrected chi connectivity index (χ0v) is 11.9. The summed E-state index contributed by atoms with van der Waals surface area (Å²) in [5.41, 5.74) is 5.52. The first kappa shape index (κ1) is 15.4. The highest BCUT2D eigenvalue weighted by molar-refractivity contribution is 7.89. The molecular weight excluding hydrogens is 254 g/mol. The van der Waals surface area contributed by atoms with Gasteiger partial charge in [0, 0.05) is 39.6 Å². The maximum absolute atomic E-state index is 12.3. The summed E-state index contributed by atoms with van der Waals surface area (Å²) in [5.74, 6) is 0.000106. The Morgan fingerprint density at radius 3 is 2.44 bits per heavy atom. The molecule has 0 radical (unpaired) electrons. The molecule has 0 saturated carbocycles. The fourth-order valence-electron chi connectivity index (χ4n) is 2.17. The lowest BCUT2D eigenvalue weighted by Gasteiger charge is -2.25. The predicted octanol–water partition coefficient (Wildman–Crippen LogP) is -0.392. The van der Waals surface area contributed by atoms with E-state index in [1.807, 2.05) is 6.92 Å². The number of sulfonamides is 1. The van der Waals surface area contributed by atoms with E-state index in [1.165, 1.54) is 11.2 Å². The van der Waals surface area contributed by atoms with Gasteiger partial charge in [-0.1, -0.05) is 6.92 Å². The number of hydrogen-bond acceptors (Lipinski definition) is 4. The Balaban J connectivity index is 2.76. The van der Waals surface area contributed by atoms with Crippen LogP contribution in [0.15, 0.2) is 0 Å². The molecule has 1 rings (SSSR count). The molecule has 0 aromatic carbocycles. The van der Waals surface area contributed by atoms with Gasteiger partial charge >= 0.3 is 0 Å². The van der Waals surface area contributed by atoms with E-state index in [4.69, 9.17) is 5.73 Å². The first-order chi connectivity index (χ1) is 8.43. The SMILES string of the molecule is CCC(CN)S(=O)(=O)N1CCCN(C(C)=O)CC1. The molecule has 1 unspecified atom stereocenters. The number of carbonyl (C=O) groups excluding carboxylic acids is 1. The first-order valence-electron chi connectivity index (χ1n) is 6.38. The lowest BCUT2D eigenvalue weighted by Crippen LogP contribution is -2.43. The van der Waals surface area contributed by atoms with Crippen LogP contribution in [0.5, 0.6) is 0 Å². The van der Waals surface area contributed by atoms with Crippen LogP contribution in [0.3, 0.4) is 0 Å². The molecule has 1 saturated heterocycles. The molecule has 1 atom stereocenters. The van der Waals surface area contributed by atoms with Crippen molar-refractivity contribution in [2.24, 2.45) is 5.73 Å². The van der Waals surface area contributed by atoms with Crippen molar-refractivity contribution >= 4 is 15.9 Å². The van der Waals surface area contributed by atoms with E-state index in [0.717, 1.165) is 0 Å². The van der Waals surface area contributed by atoms with Gasteiger partial charge in [0.05, 0.1) is 5.25 Å². The average molecular weight is 277 g/mol. The smallest absolute Gasteiger partial charge is 0.219 e. The van der Waals surface area contributed by atoms with Crippen molar-refractivity contribution in [2.75, 3.05) is 32.7 Å². The number of amides is 1. The van der Waals surface area contributed by atoms with Gasteiger partial charge in [-0.05, 0) is 12.8 Å². The van der Waals surface area contributed by atoms with Gasteiger partial charge in [-0.3, -0.25) is 4.79 Å². The van der Waals surface area contributed by atoms with Crippen LogP contribution in [-0.4, -0.2) is 61.5 Å². The van der Waals surface area contributed by atoms with Crippen molar-refractivity contribution in [3.63, 3.8) is 0 Å². The minimum Gasteiger partial charge on any atom is -0.342 e. The summed E-state index contributed by atoms with van der Waals surface area (Å²) in [5, 5.41) is -0.513. The molecule has 1 aliphatic rings. The lowest BCUT2D eigenvalue weighted by atomic mass is 10.3. The van der Waals surface area contributed by atoms with Crippen LogP contribution in [0, 0.1) is 0 Å². The van der Waals surface area contributed by atoms with Crippen LogP contribution in [0.2, 0.25) is 0 Å². The summed E-state index contributed by atoms with van der Waals surface area (Å²) < 4.78 is 26.1. The van der Waals surface area contributed by atoms with Crippen molar-refractivity contribution in [2.45, 2.75) is 31.9 Å². The van der Waals surface area contributed by atoms with Gasteiger partial charge in [0.25, 0.3) is 0 Å². The number of hydrogen-bond donors (Lipinski definition) is 1. The molecule has 106 valence electrons. The van der Waals surface area contributed by atoms with E-state index in [9.17, 15) is 13.2 Å². The Hall–Kier alpha value is -0.660. The summed E-state index contributed by atoms with van der Waals surface area (Å²) in [6.45, 7) is 5.43. The fourth-order valence-corrected chi connectivity index (χ4v) is 3.98. The summed E-state index contributed by atoms with van der Waals surface area (Å²) in [4.78, 5) is 13.0. The zero-order valence-electron chi connectivity index (χ0n) is 11.1.